The minimum atomic E-state index is -3.35. The number of carbonyl (C=O) groups is 1. The van der Waals surface area contributed by atoms with Crippen molar-refractivity contribution < 1.29 is 26.7 Å². The van der Waals surface area contributed by atoms with Crippen LogP contribution in [0.4, 0.5) is 8.78 Å². The average molecular weight is 466 g/mol. The fourth-order valence-electron chi connectivity index (χ4n) is 3.88. The first kappa shape index (κ1) is 24.2. The number of nitrogens with one attached hydrogen (secondary N) is 1. The number of halogens is 2. The zero-order valence-electron chi connectivity index (χ0n) is 18.5. The molecule has 1 saturated carbocycles. The van der Waals surface area contributed by atoms with Crippen LogP contribution in [0.5, 0.6) is 5.75 Å². The minimum absolute atomic E-state index is 0.0293. The predicted octanol–water partition coefficient (Wildman–Crippen LogP) is 4.89. The summed E-state index contributed by atoms with van der Waals surface area (Å²) in [6.45, 7) is 3.98. The van der Waals surface area contributed by atoms with Crippen LogP contribution in [0.25, 0.3) is 11.1 Å². The fraction of sp³-hybridized carbons (Fsp3) is 0.458. The number of carbonyl (C=O) groups excluding carboxylic acids is 1. The summed E-state index contributed by atoms with van der Waals surface area (Å²) >= 11 is 0. The number of rotatable bonds is 7. The van der Waals surface area contributed by atoms with E-state index in [2.05, 4.69) is 5.32 Å². The standard InChI is InChI=1S/C24H29F2NO4S/c1-15(2)12-23(28)27-18-6-8-19(9-7-18)31-24-21(25)13-17(14-22(24)26)16-4-10-20(11-5-16)32(3,29)30/h4-5,10-11,13-15,18-19H,6-9,12H2,1-3H3,(H,27,28). The number of amides is 1. The van der Waals surface area contributed by atoms with Crippen molar-refractivity contribution >= 4 is 15.7 Å². The van der Waals surface area contributed by atoms with Crippen LogP contribution in [0.1, 0.15) is 46.0 Å². The van der Waals surface area contributed by atoms with E-state index < -0.39 is 27.2 Å². The first-order valence-corrected chi connectivity index (χ1v) is 12.7. The molecule has 0 unspecified atom stereocenters. The fourth-order valence-corrected chi connectivity index (χ4v) is 4.51. The highest BCUT2D eigenvalue weighted by Crippen LogP contribution is 2.32. The van der Waals surface area contributed by atoms with Gasteiger partial charge in [-0.1, -0.05) is 26.0 Å². The molecule has 32 heavy (non-hydrogen) atoms. The summed E-state index contributed by atoms with van der Waals surface area (Å²) in [6.07, 6.45) is 3.85. The van der Waals surface area contributed by atoms with Crippen molar-refractivity contribution in [2.45, 2.75) is 63.0 Å². The van der Waals surface area contributed by atoms with Gasteiger partial charge in [-0.05, 0) is 67.0 Å². The molecular formula is C24H29F2NO4S. The van der Waals surface area contributed by atoms with Gasteiger partial charge in [0.05, 0.1) is 11.0 Å². The van der Waals surface area contributed by atoms with Gasteiger partial charge in [-0.25, -0.2) is 17.2 Å². The van der Waals surface area contributed by atoms with E-state index in [1.54, 1.807) is 0 Å². The van der Waals surface area contributed by atoms with E-state index in [-0.39, 0.29) is 22.9 Å². The number of hydrogen-bond acceptors (Lipinski definition) is 4. The first-order valence-electron chi connectivity index (χ1n) is 10.8. The van der Waals surface area contributed by atoms with Crippen LogP contribution >= 0.6 is 0 Å². The maximum atomic E-state index is 14.7. The van der Waals surface area contributed by atoms with Crippen molar-refractivity contribution in [3.63, 3.8) is 0 Å². The summed E-state index contributed by atoms with van der Waals surface area (Å²) < 4.78 is 58.2. The van der Waals surface area contributed by atoms with Crippen molar-refractivity contribution in [2.75, 3.05) is 6.26 Å². The van der Waals surface area contributed by atoms with Gasteiger partial charge in [0, 0.05) is 18.7 Å². The number of sulfone groups is 1. The van der Waals surface area contributed by atoms with Gasteiger partial charge in [0.15, 0.2) is 27.2 Å². The lowest BCUT2D eigenvalue weighted by molar-refractivity contribution is -0.122. The van der Waals surface area contributed by atoms with E-state index in [1.807, 2.05) is 13.8 Å². The Bertz CT molecular complexity index is 1040. The smallest absolute Gasteiger partial charge is 0.220 e. The summed E-state index contributed by atoms with van der Waals surface area (Å²) in [5.74, 6) is -1.70. The van der Waals surface area contributed by atoms with E-state index >= 15 is 0 Å². The molecule has 2 aromatic carbocycles. The molecule has 1 N–H and O–H groups in total. The van der Waals surface area contributed by atoms with Gasteiger partial charge in [-0.2, -0.15) is 0 Å². The number of ether oxygens (including phenoxy) is 1. The second kappa shape index (κ2) is 9.98. The van der Waals surface area contributed by atoms with Gasteiger partial charge in [0.25, 0.3) is 0 Å². The van der Waals surface area contributed by atoms with E-state index in [1.165, 1.54) is 36.4 Å². The quantitative estimate of drug-likeness (QED) is 0.632. The van der Waals surface area contributed by atoms with Gasteiger partial charge in [-0.3, -0.25) is 4.79 Å². The highest BCUT2D eigenvalue weighted by Gasteiger charge is 2.26. The molecule has 0 saturated heterocycles. The van der Waals surface area contributed by atoms with Crippen molar-refractivity contribution in [3.05, 3.63) is 48.0 Å². The molecule has 0 aromatic heterocycles. The van der Waals surface area contributed by atoms with Crippen LogP contribution in [0.2, 0.25) is 0 Å². The molecule has 1 fully saturated rings. The highest BCUT2D eigenvalue weighted by molar-refractivity contribution is 7.90. The zero-order chi connectivity index (χ0) is 23.5. The van der Waals surface area contributed by atoms with Crippen molar-refractivity contribution in [2.24, 2.45) is 5.92 Å². The summed E-state index contributed by atoms with van der Waals surface area (Å²) in [6, 6.07) is 8.28. The zero-order valence-corrected chi connectivity index (χ0v) is 19.3. The van der Waals surface area contributed by atoms with Gasteiger partial charge in [0.2, 0.25) is 5.91 Å². The first-order chi connectivity index (χ1) is 15.0. The van der Waals surface area contributed by atoms with Crippen molar-refractivity contribution in [1.29, 1.82) is 0 Å². The lowest BCUT2D eigenvalue weighted by atomic mass is 9.92. The molecule has 8 heteroatoms. The summed E-state index contributed by atoms with van der Waals surface area (Å²) in [5.41, 5.74) is 0.795. The van der Waals surface area contributed by atoms with Crippen molar-refractivity contribution in [3.8, 4) is 16.9 Å². The molecule has 0 spiro atoms. The third-order valence-corrected chi connectivity index (χ3v) is 6.66. The van der Waals surface area contributed by atoms with Gasteiger partial charge >= 0.3 is 0 Å². The molecule has 1 aliphatic carbocycles. The topological polar surface area (TPSA) is 72.5 Å². The Kier molecular flexibility index (Phi) is 7.54. The third-order valence-electron chi connectivity index (χ3n) is 5.53. The monoisotopic (exact) mass is 465 g/mol. The number of benzene rings is 2. The third kappa shape index (κ3) is 6.28. The van der Waals surface area contributed by atoms with Crippen LogP contribution in [-0.4, -0.2) is 32.7 Å². The average Bonchev–Trinajstić information content (AvgIpc) is 2.70. The Morgan fingerprint density at radius 2 is 1.59 bits per heavy atom. The van der Waals surface area contributed by atoms with Crippen LogP contribution in [0.15, 0.2) is 41.3 Å². The molecule has 0 heterocycles. The van der Waals surface area contributed by atoms with E-state index in [0.29, 0.717) is 49.1 Å². The van der Waals surface area contributed by atoms with Crippen LogP contribution in [0.3, 0.4) is 0 Å². The summed E-state index contributed by atoms with van der Waals surface area (Å²) in [7, 11) is -3.35. The molecule has 3 rings (SSSR count). The van der Waals surface area contributed by atoms with Gasteiger partial charge < -0.3 is 10.1 Å². The molecular weight excluding hydrogens is 436 g/mol. The molecule has 1 aliphatic rings. The van der Waals surface area contributed by atoms with Crippen LogP contribution in [-0.2, 0) is 14.6 Å². The molecule has 0 bridgehead atoms. The lowest BCUT2D eigenvalue weighted by Gasteiger charge is -2.30. The summed E-state index contributed by atoms with van der Waals surface area (Å²) in [4.78, 5) is 12.1. The van der Waals surface area contributed by atoms with E-state index in [0.717, 1.165) is 6.26 Å². The van der Waals surface area contributed by atoms with E-state index in [4.69, 9.17) is 4.74 Å². The molecule has 1 amide bonds. The SMILES string of the molecule is CC(C)CC(=O)NC1CCC(Oc2c(F)cc(-c3ccc(S(C)(=O)=O)cc3)cc2F)CC1. The van der Waals surface area contributed by atoms with Gasteiger partial charge in [-0.15, -0.1) is 0 Å². The predicted molar refractivity (Wildman–Crippen MR) is 119 cm³/mol. The Morgan fingerprint density at radius 1 is 1.03 bits per heavy atom. The molecule has 0 aliphatic heterocycles. The maximum absolute atomic E-state index is 14.7. The lowest BCUT2D eigenvalue weighted by Crippen LogP contribution is -2.40. The normalized spacial score (nSPS) is 19.1. The van der Waals surface area contributed by atoms with E-state index in [9.17, 15) is 22.0 Å². The molecule has 0 radical (unpaired) electrons. The molecule has 5 nitrogen and oxygen atoms in total. The molecule has 174 valence electrons. The maximum Gasteiger partial charge on any atom is 0.220 e. The summed E-state index contributed by atoms with van der Waals surface area (Å²) in [5, 5.41) is 3.02. The highest BCUT2D eigenvalue weighted by atomic mass is 32.2. The molecule has 2 aromatic rings. The molecule has 0 atom stereocenters. The Labute approximate surface area is 188 Å². The van der Waals surface area contributed by atoms with Crippen LogP contribution < -0.4 is 10.1 Å². The minimum Gasteiger partial charge on any atom is -0.484 e. The second-order valence-corrected chi connectivity index (χ2v) is 10.8. The Morgan fingerprint density at radius 3 is 2.09 bits per heavy atom. The van der Waals surface area contributed by atoms with Crippen LogP contribution in [0, 0.1) is 17.6 Å². The van der Waals surface area contributed by atoms with Gasteiger partial charge in [0.1, 0.15) is 0 Å². The number of hydrogen-bond donors (Lipinski definition) is 1. The Hall–Kier alpha value is -2.48. The second-order valence-electron chi connectivity index (χ2n) is 8.82. The van der Waals surface area contributed by atoms with Crippen molar-refractivity contribution in [1.82, 2.24) is 5.32 Å². The largest absolute Gasteiger partial charge is 0.484 e. The Balaban J connectivity index is 1.63.